The van der Waals surface area contributed by atoms with Crippen molar-refractivity contribution in [2.75, 3.05) is 41.9 Å². The molecule has 0 spiro atoms. The molecular weight excluding hydrogens is 380 g/mol. The maximum Gasteiger partial charge on any atom is 0.253 e. The van der Waals surface area contributed by atoms with E-state index in [0.717, 1.165) is 29.0 Å². The van der Waals surface area contributed by atoms with Gasteiger partial charge < -0.3 is 25.0 Å². The molecule has 0 aliphatic heterocycles. The molecule has 1 unspecified atom stereocenters. The summed E-state index contributed by atoms with van der Waals surface area (Å²) in [6.07, 6.45) is 0.770. The second-order valence-electron chi connectivity index (χ2n) is 7.12. The van der Waals surface area contributed by atoms with Crippen LogP contribution in [0, 0.1) is 0 Å². The van der Waals surface area contributed by atoms with Gasteiger partial charge in [-0.15, -0.1) is 0 Å². The molecule has 0 aliphatic rings. The first-order valence-electron chi connectivity index (χ1n) is 9.89. The molecule has 0 aromatic heterocycles. The zero-order valence-corrected chi connectivity index (χ0v) is 18.7. The van der Waals surface area contributed by atoms with Crippen LogP contribution in [0.3, 0.4) is 0 Å². The van der Waals surface area contributed by atoms with Gasteiger partial charge in [0.05, 0.1) is 20.3 Å². The van der Waals surface area contributed by atoms with Crippen LogP contribution < -0.4 is 20.1 Å². The van der Waals surface area contributed by atoms with Crippen LogP contribution in [0.25, 0.3) is 0 Å². The van der Waals surface area contributed by atoms with Gasteiger partial charge in [0.1, 0.15) is 11.5 Å². The van der Waals surface area contributed by atoms with Crippen molar-refractivity contribution in [1.82, 2.24) is 15.5 Å². The molecule has 2 rings (SSSR count). The number of nitrogens with zero attached hydrogens (tertiary/aromatic N) is 2. The summed E-state index contributed by atoms with van der Waals surface area (Å²) in [7, 11) is 8.54. The molecule has 30 heavy (non-hydrogen) atoms. The van der Waals surface area contributed by atoms with Gasteiger partial charge in [0.15, 0.2) is 5.96 Å². The van der Waals surface area contributed by atoms with Gasteiger partial charge in [-0.3, -0.25) is 9.79 Å². The summed E-state index contributed by atoms with van der Waals surface area (Å²) < 4.78 is 10.8. The number of ether oxygens (including phenoxy) is 2. The number of benzene rings is 2. The minimum Gasteiger partial charge on any atom is -0.497 e. The number of hydrogen-bond donors (Lipinski definition) is 2. The Labute approximate surface area is 179 Å². The molecule has 0 fully saturated rings. The van der Waals surface area contributed by atoms with Gasteiger partial charge in [0.2, 0.25) is 0 Å². The fraction of sp³-hybridized carbons (Fsp3) is 0.391. The highest BCUT2D eigenvalue weighted by atomic mass is 16.5. The zero-order chi connectivity index (χ0) is 22.1. The third-order valence-corrected chi connectivity index (χ3v) is 4.77. The third kappa shape index (κ3) is 6.14. The maximum atomic E-state index is 12.1. The molecule has 7 nitrogen and oxygen atoms in total. The van der Waals surface area contributed by atoms with Gasteiger partial charge in [-0.05, 0) is 49.2 Å². The molecular formula is C23H32N4O3. The Morgan fingerprint density at radius 3 is 2.53 bits per heavy atom. The van der Waals surface area contributed by atoms with Gasteiger partial charge in [-0.1, -0.05) is 12.1 Å². The lowest BCUT2D eigenvalue weighted by Crippen LogP contribution is -2.39. The molecule has 0 bridgehead atoms. The molecule has 0 saturated carbocycles. The highest BCUT2D eigenvalue weighted by Gasteiger charge is 2.14. The van der Waals surface area contributed by atoms with E-state index in [4.69, 9.17) is 9.47 Å². The van der Waals surface area contributed by atoms with Crippen molar-refractivity contribution in [3.8, 4) is 11.5 Å². The monoisotopic (exact) mass is 412 g/mol. The van der Waals surface area contributed by atoms with Crippen molar-refractivity contribution < 1.29 is 14.3 Å². The number of methoxy groups -OCH3 is 2. The predicted molar refractivity (Wildman–Crippen MR) is 121 cm³/mol. The van der Waals surface area contributed by atoms with Crippen molar-refractivity contribution in [1.29, 1.82) is 0 Å². The molecule has 0 aliphatic carbocycles. The number of amides is 1. The average Bonchev–Trinajstić information content (AvgIpc) is 2.77. The van der Waals surface area contributed by atoms with Crippen molar-refractivity contribution in [3.05, 3.63) is 59.2 Å². The highest BCUT2D eigenvalue weighted by molar-refractivity contribution is 5.94. The largest absolute Gasteiger partial charge is 0.497 e. The number of nitrogens with one attached hydrogen (secondary N) is 2. The van der Waals surface area contributed by atoms with Crippen LogP contribution in [0.2, 0.25) is 0 Å². The summed E-state index contributed by atoms with van der Waals surface area (Å²) >= 11 is 0. The number of aliphatic imine (C=N–C) groups is 1. The van der Waals surface area contributed by atoms with Crippen LogP contribution >= 0.6 is 0 Å². The SMILES string of the molecule is CN=C(NCCc1cccc(C(=O)N(C)C)c1)NC(C)c1cc(OC)ccc1OC. The Hall–Kier alpha value is -3.22. The maximum absolute atomic E-state index is 12.1. The average molecular weight is 413 g/mol. The summed E-state index contributed by atoms with van der Waals surface area (Å²) in [5, 5.41) is 6.71. The van der Waals surface area contributed by atoms with Crippen LogP contribution in [0.4, 0.5) is 0 Å². The molecule has 1 amide bonds. The second-order valence-corrected chi connectivity index (χ2v) is 7.12. The van der Waals surface area contributed by atoms with Crippen LogP contribution in [0.15, 0.2) is 47.5 Å². The molecule has 7 heteroatoms. The summed E-state index contributed by atoms with van der Waals surface area (Å²) in [4.78, 5) is 18.0. The normalized spacial score (nSPS) is 12.1. The summed E-state index contributed by atoms with van der Waals surface area (Å²) in [5.74, 6) is 2.25. The first kappa shape index (κ1) is 23.1. The molecule has 162 valence electrons. The number of hydrogen-bond acceptors (Lipinski definition) is 4. The van der Waals surface area contributed by atoms with Crippen molar-refractivity contribution in [2.45, 2.75) is 19.4 Å². The predicted octanol–water partition coefficient (Wildman–Crippen LogP) is 2.87. The van der Waals surface area contributed by atoms with Crippen LogP contribution in [-0.4, -0.2) is 58.7 Å². The Morgan fingerprint density at radius 1 is 1.13 bits per heavy atom. The highest BCUT2D eigenvalue weighted by Crippen LogP contribution is 2.29. The van der Waals surface area contributed by atoms with Gasteiger partial charge in [-0.2, -0.15) is 0 Å². The molecule has 0 radical (unpaired) electrons. The summed E-state index contributed by atoms with van der Waals surface area (Å²) in [5.41, 5.74) is 2.77. The van der Waals surface area contributed by atoms with E-state index < -0.39 is 0 Å². The number of rotatable bonds is 8. The lowest BCUT2D eigenvalue weighted by atomic mass is 10.1. The van der Waals surface area contributed by atoms with E-state index in [0.29, 0.717) is 18.1 Å². The lowest BCUT2D eigenvalue weighted by Gasteiger charge is -2.21. The van der Waals surface area contributed by atoms with Gasteiger partial charge in [-0.25, -0.2) is 0 Å². The summed E-state index contributed by atoms with van der Waals surface area (Å²) in [6, 6.07) is 13.4. The number of guanidine groups is 1. The van der Waals surface area contributed by atoms with E-state index in [1.807, 2.05) is 49.4 Å². The van der Waals surface area contributed by atoms with Gasteiger partial charge >= 0.3 is 0 Å². The Morgan fingerprint density at radius 2 is 1.90 bits per heavy atom. The van der Waals surface area contributed by atoms with E-state index in [-0.39, 0.29) is 11.9 Å². The Kier molecular flexibility index (Phi) is 8.53. The van der Waals surface area contributed by atoms with E-state index in [9.17, 15) is 4.79 Å². The van der Waals surface area contributed by atoms with Crippen LogP contribution in [-0.2, 0) is 6.42 Å². The summed E-state index contributed by atoms with van der Waals surface area (Å²) in [6.45, 7) is 2.72. The Bertz CT molecular complexity index is 881. The number of carbonyl (C=O) groups is 1. The first-order chi connectivity index (χ1) is 14.4. The van der Waals surface area contributed by atoms with Crippen molar-refractivity contribution >= 4 is 11.9 Å². The van der Waals surface area contributed by atoms with E-state index >= 15 is 0 Å². The molecule has 0 heterocycles. The smallest absolute Gasteiger partial charge is 0.253 e. The fourth-order valence-electron chi connectivity index (χ4n) is 3.10. The van der Waals surface area contributed by atoms with Crippen LogP contribution in [0.1, 0.15) is 34.5 Å². The molecule has 2 N–H and O–H groups in total. The lowest BCUT2D eigenvalue weighted by molar-refractivity contribution is 0.0827. The van der Waals surface area contributed by atoms with Crippen molar-refractivity contribution in [3.63, 3.8) is 0 Å². The molecule has 0 saturated heterocycles. The minimum atomic E-state index is -0.0395. The van der Waals surface area contributed by atoms with Crippen molar-refractivity contribution in [2.24, 2.45) is 4.99 Å². The topological polar surface area (TPSA) is 75.2 Å². The van der Waals surface area contributed by atoms with Crippen LogP contribution in [0.5, 0.6) is 11.5 Å². The van der Waals surface area contributed by atoms with Gasteiger partial charge in [0.25, 0.3) is 5.91 Å². The van der Waals surface area contributed by atoms with E-state index in [1.54, 1.807) is 40.3 Å². The molecule has 1 atom stereocenters. The quantitative estimate of drug-likeness (QED) is 0.515. The zero-order valence-electron chi connectivity index (χ0n) is 18.7. The van der Waals surface area contributed by atoms with E-state index in [2.05, 4.69) is 15.6 Å². The number of carbonyl (C=O) groups excluding carboxylic acids is 1. The Balaban J connectivity index is 1.97. The standard InChI is InChI=1S/C23H32N4O3/c1-16(20-15-19(29-5)10-11-21(20)30-6)26-23(24-2)25-13-12-17-8-7-9-18(14-17)22(28)27(3)4/h7-11,14-16H,12-13H2,1-6H3,(H2,24,25,26). The van der Waals surface area contributed by atoms with Gasteiger partial charge in [0, 0.05) is 38.8 Å². The fourth-order valence-corrected chi connectivity index (χ4v) is 3.10. The molecule has 2 aromatic carbocycles. The van der Waals surface area contributed by atoms with E-state index in [1.165, 1.54) is 0 Å². The first-order valence-corrected chi connectivity index (χ1v) is 9.89. The minimum absolute atomic E-state index is 0.00310. The second kappa shape index (κ2) is 11.1. The third-order valence-electron chi connectivity index (χ3n) is 4.77. The molecule has 2 aromatic rings.